The minimum Gasteiger partial charge on any atom is -0.457 e. The molecule has 1 spiro atoms. The first-order chi connectivity index (χ1) is 16.5. The second-order valence-electron chi connectivity index (χ2n) is 10.4. The Hall–Kier alpha value is -2.21. The van der Waals surface area contributed by atoms with Gasteiger partial charge in [0.05, 0.1) is 0 Å². The second-order valence-corrected chi connectivity index (χ2v) is 11.7. The molecule has 1 saturated heterocycles. The van der Waals surface area contributed by atoms with Crippen molar-refractivity contribution in [2.75, 3.05) is 37.0 Å². The summed E-state index contributed by atoms with van der Waals surface area (Å²) in [5.74, 6) is 2.61. The van der Waals surface area contributed by atoms with E-state index in [1.165, 1.54) is 72.1 Å². The summed E-state index contributed by atoms with van der Waals surface area (Å²) >= 11 is 2.39. The maximum Gasteiger partial charge on any atom is 0.127 e. The summed E-state index contributed by atoms with van der Waals surface area (Å²) < 4.78 is 7.37. The highest BCUT2D eigenvalue weighted by Crippen LogP contribution is 2.50. The fourth-order valence-electron chi connectivity index (χ4n) is 5.82. The van der Waals surface area contributed by atoms with E-state index < -0.39 is 0 Å². The normalized spacial score (nSPS) is 19.4. The first kappa shape index (κ1) is 23.5. The molecule has 1 atom stereocenters. The Morgan fingerprint density at radius 3 is 2.09 bits per heavy atom. The lowest BCUT2D eigenvalue weighted by Crippen LogP contribution is -2.39. The molecular weight excluding hydrogens is 531 g/mol. The van der Waals surface area contributed by atoms with Crippen LogP contribution in [0.3, 0.4) is 0 Å². The van der Waals surface area contributed by atoms with Gasteiger partial charge in [-0.05, 0) is 139 Å². The van der Waals surface area contributed by atoms with Crippen LogP contribution < -0.4 is 14.5 Å². The molecule has 0 N–H and O–H groups in total. The second kappa shape index (κ2) is 10.2. The van der Waals surface area contributed by atoms with Gasteiger partial charge in [-0.15, -0.1) is 0 Å². The highest BCUT2D eigenvalue weighted by Gasteiger charge is 2.41. The minimum atomic E-state index is 0.576. The van der Waals surface area contributed by atoms with Crippen LogP contribution in [-0.4, -0.2) is 27.2 Å². The highest BCUT2D eigenvalue weighted by molar-refractivity contribution is 14.1. The number of halogens is 1. The lowest BCUT2D eigenvalue weighted by atomic mass is 9.76. The van der Waals surface area contributed by atoms with Crippen molar-refractivity contribution >= 4 is 34.0 Å². The molecule has 4 heteroatoms. The van der Waals surface area contributed by atoms with Crippen LogP contribution in [0.25, 0.3) is 0 Å². The van der Waals surface area contributed by atoms with E-state index in [1.54, 1.807) is 0 Å². The quantitative estimate of drug-likeness (QED) is 0.284. The van der Waals surface area contributed by atoms with Gasteiger partial charge in [-0.25, -0.2) is 0 Å². The molecule has 3 aromatic carbocycles. The summed E-state index contributed by atoms with van der Waals surface area (Å²) in [6, 6.07) is 26.0. The number of hydrogen-bond donors (Lipinski definition) is 0. The molecule has 1 aliphatic heterocycles. The van der Waals surface area contributed by atoms with Crippen LogP contribution in [0.15, 0.2) is 72.8 Å². The van der Waals surface area contributed by atoms with Crippen LogP contribution in [0.2, 0.25) is 0 Å². The molecule has 0 aromatic heterocycles. The Bertz CT molecular complexity index is 1070. The molecule has 0 amide bonds. The number of hydrogen-bond acceptors (Lipinski definition) is 3. The molecule has 3 aromatic rings. The standard InChI is InChI=1S/C30H35IN2O/c1-32(2)26-9-13-29(14-10-26)34-28-11-3-23(4-12-28)21-24-15-16-30(22-24)17-19-33(20-18-30)27-7-5-25(31)6-8-27/h3-14,24H,15-22H2,1-2H3. The van der Waals surface area contributed by atoms with E-state index in [1.807, 2.05) is 12.1 Å². The summed E-state index contributed by atoms with van der Waals surface area (Å²) in [6.45, 7) is 2.41. The van der Waals surface area contributed by atoms with Crippen molar-refractivity contribution in [3.63, 3.8) is 0 Å². The third kappa shape index (κ3) is 5.54. The van der Waals surface area contributed by atoms with Gasteiger partial charge in [0.1, 0.15) is 11.5 Å². The number of rotatable bonds is 6. The molecule has 2 fully saturated rings. The van der Waals surface area contributed by atoms with Crippen molar-refractivity contribution in [2.24, 2.45) is 11.3 Å². The van der Waals surface area contributed by atoms with Crippen molar-refractivity contribution in [2.45, 2.75) is 38.5 Å². The Morgan fingerprint density at radius 2 is 1.47 bits per heavy atom. The third-order valence-corrected chi connectivity index (χ3v) is 8.58. The predicted molar refractivity (Wildman–Crippen MR) is 151 cm³/mol. The van der Waals surface area contributed by atoms with E-state index >= 15 is 0 Å². The Balaban J connectivity index is 1.12. The molecule has 1 heterocycles. The van der Waals surface area contributed by atoms with Crippen molar-refractivity contribution in [1.29, 1.82) is 0 Å². The average Bonchev–Trinajstić information content (AvgIpc) is 3.23. The lowest BCUT2D eigenvalue weighted by molar-refractivity contribution is 0.217. The van der Waals surface area contributed by atoms with Gasteiger partial charge in [0.15, 0.2) is 0 Å². The molecular formula is C30H35IN2O. The van der Waals surface area contributed by atoms with Crippen LogP contribution in [-0.2, 0) is 6.42 Å². The molecule has 5 rings (SSSR count). The maximum atomic E-state index is 6.06. The molecule has 1 aliphatic carbocycles. The Labute approximate surface area is 218 Å². The van der Waals surface area contributed by atoms with Crippen LogP contribution in [0.4, 0.5) is 11.4 Å². The van der Waals surface area contributed by atoms with E-state index in [4.69, 9.17) is 4.74 Å². The highest BCUT2D eigenvalue weighted by atomic mass is 127. The smallest absolute Gasteiger partial charge is 0.127 e. The maximum absolute atomic E-state index is 6.06. The van der Waals surface area contributed by atoms with E-state index in [9.17, 15) is 0 Å². The summed E-state index contributed by atoms with van der Waals surface area (Å²) in [6.07, 6.45) is 8.05. The third-order valence-electron chi connectivity index (χ3n) is 7.86. The van der Waals surface area contributed by atoms with Crippen molar-refractivity contribution in [3.8, 4) is 11.5 Å². The van der Waals surface area contributed by atoms with Gasteiger partial charge < -0.3 is 14.5 Å². The van der Waals surface area contributed by atoms with E-state index in [0.717, 1.165) is 17.4 Å². The van der Waals surface area contributed by atoms with E-state index in [0.29, 0.717) is 5.41 Å². The molecule has 178 valence electrons. The van der Waals surface area contributed by atoms with Crippen molar-refractivity contribution in [1.82, 2.24) is 0 Å². The van der Waals surface area contributed by atoms with Gasteiger partial charge in [-0.1, -0.05) is 12.1 Å². The summed E-state index contributed by atoms with van der Waals surface area (Å²) in [5.41, 5.74) is 4.58. The largest absolute Gasteiger partial charge is 0.457 e. The number of benzene rings is 3. The van der Waals surface area contributed by atoms with Crippen LogP contribution >= 0.6 is 22.6 Å². The summed E-state index contributed by atoms with van der Waals surface area (Å²) in [7, 11) is 4.10. The first-order valence-corrected chi connectivity index (χ1v) is 13.6. The van der Waals surface area contributed by atoms with Gasteiger partial charge >= 0.3 is 0 Å². The van der Waals surface area contributed by atoms with Crippen LogP contribution in [0, 0.1) is 14.9 Å². The number of nitrogens with zero attached hydrogens (tertiary/aromatic N) is 2. The van der Waals surface area contributed by atoms with Gasteiger partial charge in [0, 0.05) is 42.1 Å². The molecule has 3 nitrogen and oxygen atoms in total. The zero-order valence-corrected chi connectivity index (χ0v) is 22.5. The van der Waals surface area contributed by atoms with Gasteiger partial charge in [-0.3, -0.25) is 0 Å². The molecule has 0 radical (unpaired) electrons. The molecule has 1 saturated carbocycles. The summed E-state index contributed by atoms with van der Waals surface area (Å²) in [5, 5.41) is 0. The van der Waals surface area contributed by atoms with E-state index in [-0.39, 0.29) is 0 Å². The molecule has 1 unspecified atom stereocenters. The topological polar surface area (TPSA) is 15.7 Å². The number of anilines is 2. The average molecular weight is 567 g/mol. The molecule has 2 aliphatic rings. The fourth-order valence-corrected chi connectivity index (χ4v) is 6.18. The zero-order valence-electron chi connectivity index (χ0n) is 20.3. The van der Waals surface area contributed by atoms with Gasteiger partial charge in [0.25, 0.3) is 0 Å². The van der Waals surface area contributed by atoms with Crippen LogP contribution in [0.5, 0.6) is 11.5 Å². The van der Waals surface area contributed by atoms with E-state index in [2.05, 4.69) is 107 Å². The monoisotopic (exact) mass is 566 g/mol. The minimum absolute atomic E-state index is 0.576. The van der Waals surface area contributed by atoms with Crippen molar-refractivity contribution in [3.05, 3.63) is 81.9 Å². The fraction of sp³-hybridized carbons (Fsp3) is 0.400. The lowest BCUT2D eigenvalue weighted by Gasteiger charge is -2.41. The number of piperidine rings is 1. The van der Waals surface area contributed by atoms with Gasteiger partial charge in [-0.2, -0.15) is 0 Å². The Morgan fingerprint density at radius 1 is 0.853 bits per heavy atom. The predicted octanol–water partition coefficient (Wildman–Crippen LogP) is 7.78. The SMILES string of the molecule is CN(C)c1ccc(Oc2ccc(CC3CCC4(CCN(c5ccc(I)cc5)CC4)C3)cc2)cc1. The van der Waals surface area contributed by atoms with Crippen molar-refractivity contribution < 1.29 is 4.74 Å². The zero-order chi connectivity index (χ0) is 23.5. The summed E-state index contributed by atoms with van der Waals surface area (Å²) in [4.78, 5) is 4.68. The first-order valence-electron chi connectivity index (χ1n) is 12.5. The Kier molecular flexibility index (Phi) is 7.05. The molecule has 0 bridgehead atoms. The molecule has 34 heavy (non-hydrogen) atoms. The van der Waals surface area contributed by atoms with Crippen LogP contribution in [0.1, 0.15) is 37.7 Å². The van der Waals surface area contributed by atoms with Gasteiger partial charge in [0.2, 0.25) is 0 Å². The number of ether oxygens (including phenoxy) is 1.